The highest BCUT2D eigenvalue weighted by molar-refractivity contribution is 6.04. The van der Waals surface area contributed by atoms with Gasteiger partial charge >= 0.3 is 0 Å². The van der Waals surface area contributed by atoms with Crippen LogP contribution in [0.15, 0.2) is 48.5 Å². The Morgan fingerprint density at radius 3 is 2.59 bits per heavy atom. The smallest absolute Gasteiger partial charge is 0.253 e. The van der Waals surface area contributed by atoms with Gasteiger partial charge in [0.15, 0.2) is 0 Å². The van der Waals surface area contributed by atoms with Crippen LogP contribution in [0.1, 0.15) is 46.8 Å². The molecule has 0 spiro atoms. The van der Waals surface area contributed by atoms with Gasteiger partial charge < -0.3 is 10.6 Å². The summed E-state index contributed by atoms with van der Waals surface area (Å²) < 4.78 is 0. The summed E-state index contributed by atoms with van der Waals surface area (Å²) in [5.41, 5.74) is 3.78. The summed E-state index contributed by atoms with van der Waals surface area (Å²) >= 11 is 0. The Labute approximate surface area is 159 Å². The molecule has 0 saturated heterocycles. The maximum Gasteiger partial charge on any atom is 0.253 e. The Balaban J connectivity index is 1.40. The third-order valence-corrected chi connectivity index (χ3v) is 5.38. The Hall–Kier alpha value is -2.66. The molecule has 140 valence electrons. The molecule has 2 amide bonds. The number of hydrogen-bond donors (Lipinski definition) is 2. The quantitative estimate of drug-likeness (QED) is 0.829. The van der Waals surface area contributed by atoms with Gasteiger partial charge in [-0.25, -0.2) is 0 Å². The van der Waals surface area contributed by atoms with Crippen molar-refractivity contribution >= 4 is 17.5 Å². The molecule has 0 heterocycles. The van der Waals surface area contributed by atoms with E-state index in [9.17, 15) is 9.59 Å². The molecule has 2 aliphatic carbocycles. The van der Waals surface area contributed by atoms with E-state index in [1.54, 1.807) is 12.1 Å². The summed E-state index contributed by atoms with van der Waals surface area (Å²) in [6, 6.07) is 16.2. The highest BCUT2D eigenvalue weighted by Gasteiger charge is 2.27. The third-order valence-electron chi connectivity index (χ3n) is 5.38. The second-order valence-corrected chi connectivity index (χ2v) is 7.51. The first-order valence-corrected chi connectivity index (χ1v) is 9.59. The molecule has 0 bridgehead atoms. The molecule has 27 heavy (non-hydrogen) atoms. The zero-order valence-electron chi connectivity index (χ0n) is 15.6. The molecule has 2 aliphatic rings. The highest BCUT2D eigenvalue weighted by Crippen LogP contribution is 2.34. The molecule has 2 aromatic rings. The van der Waals surface area contributed by atoms with Gasteiger partial charge in [0.25, 0.3) is 5.91 Å². The highest BCUT2D eigenvalue weighted by atomic mass is 16.2. The monoisotopic (exact) mass is 363 g/mol. The van der Waals surface area contributed by atoms with E-state index >= 15 is 0 Å². The molecule has 1 saturated carbocycles. The van der Waals surface area contributed by atoms with E-state index in [1.807, 2.05) is 19.2 Å². The molecule has 0 aromatic heterocycles. The summed E-state index contributed by atoms with van der Waals surface area (Å²) in [4.78, 5) is 27.1. The van der Waals surface area contributed by atoms with E-state index in [-0.39, 0.29) is 30.4 Å². The minimum Gasteiger partial charge on any atom is -0.349 e. The summed E-state index contributed by atoms with van der Waals surface area (Å²) in [6.07, 6.45) is 4.16. The van der Waals surface area contributed by atoms with Crippen LogP contribution in [0.4, 0.5) is 5.69 Å². The number of amides is 2. The predicted molar refractivity (Wildman–Crippen MR) is 106 cm³/mol. The summed E-state index contributed by atoms with van der Waals surface area (Å²) in [7, 11) is 1.98. The van der Waals surface area contributed by atoms with E-state index in [0.717, 1.165) is 25.7 Å². The number of nitrogens with one attached hydrogen (secondary N) is 2. The molecule has 5 heteroatoms. The molecule has 0 radical (unpaired) electrons. The lowest BCUT2D eigenvalue weighted by molar-refractivity contribution is -0.117. The van der Waals surface area contributed by atoms with Crippen molar-refractivity contribution in [2.75, 3.05) is 18.9 Å². The molecule has 1 atom stereocenters. The van der Waals surface area contributed by atoms with Crippen molar-refractivity contribution in [1.82, 2.24) is 10.2 Å². The van der Waals surface area contributed by atoms with Crippen molar-refractivity contribution in [3.05, 3.63) is 65.2 Å². The molecule has 0 aliphatic heterocycles. The molecule has 0 unspecified atom stereocenters. The van der Waals surface area contributed by atoms with Gasteiger partial charge in [0.2, 0.25) is 5.91 Å². The van der Waals surface area contributed by atoms with Gasteiger partial charge in [-0.3, -0.25) is 14.5 Å². The Morgan fingerprint density at radius 1 is 1.04 bits per heavy atom. The minimum absolute atomic E-state index is 0.103. The second kappa shape index (κ2) is 7.53. The standard InChI is InChI=1S/C22H25N3O2/c1-25(20-13-10-15-6-2-3-7-17(15)20)14-21(26)24-19-9-5-4-8-18(19)22(27)23-16-11-12-16/h2-9,16,20H,10-14H2,1H3,(H,23,27)(H,24,26)/t20-/m1/s1. The van der Waals surface area contributed by atoms with E-state index < -0.39 is 0 Å². The molecule has 4 rings (SSSR count). The SMILES string of the molecule is CN(CC(=O)Nc1ccccc1C(=O)NC1CC1)[C@@H]1CCc2ccccc21. The molecule has 1 fully saturated rings. The molecule has 5 nitrogen and oxygen atoms in total. The third kappa shape index (κ3) is 4.03. The zero-order chi connectivity index (χ0) is 18.8. The van der Waals surface area contributed by atoms with Gasteiger partial charge in [-0.05, 0) is 56.0 Å². The van der Waals surface area contributed by atoms with Crippen LogP contribution < -0.4 is 10.6 Å². The first-order chi connectivity index (χ1) is 13.1. The van der Waals surface area contributed by atoms with Crippen LogP contribution in [0, 0.1) is 0 Å². The lowest BCUT2D eigenvalue weighted by Gasteiger charge is -2.24. The molecular weight excluding hydrogens is 338 g/mol. The average Bonchev–Trinajstić information content (AvgIpc) is 3.36. The van der Waals surface area contributed by atoms with Crippen molar-refractivity contribution in [1.29, 1.82) is 0 Å². The van der Waals surface area contributed by atoms with Gasteiger partial charge in [-0.2, -0.15) is 0 Å². The molecule has 2 aromatic carbocycles. The summed E-state index contributed by atoms with van der Waals surface area (Å²) in [5, 5.41) is 5.90. The Morgan fingerprint density at radius 2 is 1.78 bits per heavy atom. The molecule has 2 N–H and O–H groups in total. The lowest BCUT2D eigenvalue weighted by atomic mass is 10.1. The summed E-state index contributed by atoms with van der Waals surface area (Å²) in [6.45, 7) is 0.289. The normalized spacial score (nSPS) is 18.2. The van der Waals surface area contributed by atoms with Crippen LogP contribution >= 0.6 is 0 Å². The number of benzene rings is 2. The fourth-order valence-corrected chi connectivity index (χ4v) is 3.80. The van der Waals surface area contributed by atoms with E-state index in [2.05, 4.69) is 39.8 Å². The number of nitrogens with zero attached hydrogens (tertiary/aromatic N) is 1. The number of carbonyl (C=O) groups excluding carboxylic acids is 2. The first kappa shape index (κ1) is 17.7. The Bertz CT molecular complexity index is 860. The predicted octanol–water partition coefficient (Wildman–Crippen LogP) is 3.14. The number of aryl methyl sites for hydroxylation is 1. The van der Waals surface area contributed by atoms with Crippen LogP contribution in [-0.4, -0.2) is 36.3 Å². The van der Waals surface area contributed by atoms with Crippen molar-refractivity contribution in [2.24, 2.45) is 0 Å². The van der Waals surface area contributed by atoms with Gasteiger partial charge in [-0.15, -0.1) is 0 Å². The second-order valence-electron chi connectivity index (χ2n) is 7.51. The van der Waals surface area contributed by atoms with Crippen LogP contribution in [0.5, 0.6) is 0 Å². The van der Waals surface area contributed by atoms with Crippen molar-refractivity contribution < 1.29 is 9.59 Å². The van der Waals surface area contributed by atoms with Crippen LogP contribution in [0.2, 0.25) is 0 Å². The largest absolute Gasteiger partial charge is 0.349 e. The number of likely N-dealkylation sites (N-methyl/N-ethyl adjacent to an activating group) is 1. The number of rotatable bonds is 6. The van der Waals surface area contributed by atoms with Gasteiger partial charge in [0.1, 0.15) is 0 Å². The van der Waals surface area contributed by atoms with Crippen molar-refractivity contribution in [2.45, 2.75) is 37.8 Å². The number of hydrogen-bond acceptors (Lipinski definition) is 3. The van der Waals surface area contributed by atoms with Crippen LogP contribution in [0.25, 0.3) is 0 Å². The molecular formula is C22H25N3O2. The van der Waals surface area contributed by atoms with E-state index in [4.69, 9.17) is 0 Å². The van der Waals surface area contributed by atoms with Crippen molar-refractivity contribution in [3.8, 4) is 0 Å². The fraction of sp³-hybridized carbons (Fsp3) is 0.364. The Kier molecular flexibility index (Phi) is 4.94. The number of anilines is 1. The topological polar surface area (TPSA) is 61.4 Å². The minimum atomic E-state index is -0.119. The van der Waals surface area contributed by atoms with Gasteiger partial charge in [0, 0.05) is 12.1 Å². The lowest BCUT2D eigenvalue weighted by Crippen LogP contribution is -2.33. The summed E-state index contributed by atoms with van der Waals surface area (Å²) in [5.74, 6) is -0.222. The van der Waals surface area contributed by atoms with E-state index in [1.165, 1.54) is 11.1 Å². The number of fused-ring (bicyclic) bond motifs is 1. The number of carbonyl (C=O) groups is 2. The zero-order valence-corrected chi connectivity index (χ0v) is 15.6. The van der Waals surface area contributed by atoms with Crippen LogP contribution in [-0.2, 0) is 11.2 Å². The van der Waals surface area contributed by atoms with Crippen molar-refractivity contribution in [3.63, 3.8) is 0 Å². The first-order valence-electron chi connectivity index (χ1n) is 9.59. The fourth-order valence-electron chi connectivity index (χ4n) is 3.80. The average molecular weight is 363 g/mol. The van der Waals surface area contributed by atoms with Gasteiger partial charge in [0.05, 0.1) is 17.8 Å². The van der Waals surface area contributed by atoms with Crippen LogP contribution in [0.3, 0.4) is 0 Å². The maximum absolute atomic E-state index is 12.6. The number of para-hydroxylation sites is 1. The van der Waals surface area contributed by atoms with Gasteiger partial charge in [-0.1, -0.05) is 36.4 Å². The maximum atomic E-state index is 12.6. The van der Waals surface area contributed by atoms with E-state index in [0.29, 0.717) is 11.3 Å².